The number of anilines is 1. The van der Waals surface area contributed by atoms with E-state index in [9.17, 15) is 4.79 Å². The van der Waals surface area contributed by atoms with Crippen LogP contribution in [0.4, 0.5) is 5.82 Å². The van der Waals surface area contributed by atoms with Crippen molar-refractivity contribution in [2.75, 3.05) is 31.6 Å². The lowest BCUT2D eigenvalue weighted by Crippen LogP contribution is -2.55. The molecule has 0 N–H and O–H groups in total. The average molecular weight is 447 g/mol. The lowest BCUT2D eigenvalue weighted by atomic mass is 9.94. The van der Waals surface area contributed by atoms with Crippen LogP contribution >= 0.6 is 0 Å². The molecule has 1 aliphatic heterocycles. The van der Waals surface area contributed by atoms with Crippen LogP contribution < -0.4 is 14.4 Å². The van der Waals surface area contributed by atoms with Gasteiger partial charge in [0.05, 0.1) is 13.0 Å². The Labute approximate surface area is 195 Å². The van der Waals surface area contributed by atoms with Gasteiger partial charge in [-0.1, -0.05) is 37.3 Å². The number of carbonyl (C=O) groups is 1. The number of amides is 1. The third-order valence-electron chi connectivity index (χ3n) is 6.05. The van der Waals surface area contributed by atoms with Gasteiger partial charge in [-0.2, -0.15) is 0 Å². The van der Waals surface area contributed by atoms with E-state index < -0.39 is 0 Å². The van der Waals surface area contributed by atoms with Crippen molar-refractivity contribution in [2.24, 2.45) is 0 Å². The van der Waals surface area contributed by atoms with Gasteiger partial charge in [-0.05, 0) is 43.2 Å². The third-order valence-corrected chi connectivity index (χ3v) is 6.05. The Bertz CT molecular complexity index is 1060. The second-order valence-corrected chi connectivity index (χ2v) is 8.19. The molecule has 2 heterocycles. The molecule has 2 atom stereocenters. The number of piperazine rings is 1. The maximum absolute atomic E-state index is 13.3. The minimum Gasteiger partial charge on any atom is -0.497 e. The number of hydrogen-bond donors (Lipinski definition) is 0. The van der Waals surface area contributed by atoms with Gasteiger partial charge in [0.1, 0.15) is 23.6 Å². The first-order valence-electron chi connectivity index (χ1n) is 11.3. The summed E-state index contributed by atoms with van der Waals surface area (Å²) in [5, 5.41) is 0. The van der Waals surface area contributed by atoms with E-state index in [0.717, 1.165) is 23.6 Å². The molecular weight excluding hydrogens is 416 g/mol. The zero-order chi connectivity index (χ0) is 23.2. The highest BCUT2D eigenvalue weighted by atomic mass is 16.5. The summed E-state index contributed by atoms with van der Waals surface area (Å²) in [6.45, 7) is 6.23. The number of nitrogens with zero attached hydrogens (tertiary/aromatic N) is 4. The molecule has 1 amide bonds. The smallest absolute Gasteiger partial charge is 0.230 e. The van der Waals surface area contributed by atoms with Crippen molar-refractivity contribution in [2.45, 2.75) is 32.2 Å². The second-order valence-electron chi connectivity index (χ2n) is 8.19. The van der Waals surface area contributed by atoms with Gasteiger partial charge in [0.25, 0.3) is 0 Å². The standard InChI is InChI=1S/C26H30N4O3/c1-4-23(20-8-6-5-7-9-20)26(31)30-15-14-29(17-19(30)2)24-16-25(28-18-27-24)33-22-12-10-21(32-3)11-13-22/h5-13,16,18-19,23H,4,14-15,17H2,1-3H3/t19-,23-/m1/s1. The molecule has 0 radical (unpaired) electrons. The molecule has 0 saturated carbocycles. The predicted molar refractivity (Wildman–Crippen MR) is 128 cm³/mol. The zero-order valence-electron chi connectivity index (χ0n) is 19.3. The molecule has 0 bridgehead atoms. The van der Waals surface area contributed by atoms with Crippen molar-refractivity contribution in [3.8, 4) is 17.4 Å². The fourth-order valence-electron chi connectivity index (χ4n) is 4.25. The Morgan fingerprint density at radius 3 is 2.45 bits per heavy atom. The normalized spacial score (nSPS) is 16.9. The molecule has 0 aliphatic carbocycles. The van der Waals surface area contributed by atoms with Gasteiger partial charge in [-0.15, -0.1) is 0 Å². The van der Waals surface area contributed by atoms with E-state index in [4.69, 9.17) is 9.47 Å². The molecule has 1 fully saturated rings. The van der Waals surface area contributed by atoms with Crippen molar-refractivity contribution < 1.29 is 14.3 Å². The highest BCUT2D eigenvalue weighted by Crippen LogP contribution is 2.28. The number of aromatic nitrogens is 2. The monoisotopic (exact) mass is 446 g/mol. The number of carbonyl (C=O) groups excluding carboxylic acids is 1. The first kappa shape index (κ1) is 22.6. The quantitative estimate of drug-likeness (QED) is 0.532. The van der Waals surface area contributed by atoms with Crippen molar-refractivity contribution >= 4 is 11.7 Å². The average Bonchev–Trinajstić information content (AvgIpc) is 2.85. The van der Waals surface area contributed by atoms with E-state index >= 15 is 0 Å². The third kappa shape index (κ3) is 5.25. The Balaban J connectivity index is 1.42. The van der Waals surface area contributed by atoms with E-state index in [-0.39, 0.29) is 17.9 Å². The number of ether oxygens (including phenoxy) is 2. The van der Waals surface area contributed by atoms with Crippen molar-refractivity contribution in [3.63, 3.8) is 0 Å². The lowest BCUT2D eigenvalue weighted by molar-refractivity contribution is -0.135. The highest BCUT2D eigenvalue weighted by Gasteiger charge is 2.32. The van der Waals surface area contributed by atoms with Crippen LogP contribution in [0.2, 0.25) is 0 Å². The van der Waals surface area contributed by atoms with Crippen LogP contribution in [0.15, 0.2) is 67.0 Å². The van der Waals surface area contributed by atoms with Crippen LogP contribution in [0.5, 0.6) is 17.4 Å². The molecular formula is C26H30N4O3. The Kier molecular flexibility index (Phi) is 7.07. The van der Waals surface area contributed by atoms with Gasteiger partial charge in [0, 0.05) is 31.7 Å². The van der Waals surface area contributed by atoms with Gasteiger partial charge >= 0.3 is 0 Å². The van der Waals surface area contributed by atoms with E-state index in [1.54, 1.807) is 7.11 Å². The largest absolute Gasteiger partial charge is 0.497 e. The molecule has 0 spiro atoms. The molecule has 1 aromatic heterocycles. The molecule has 7 nitrogen and oxygen atoms in total. The van der Waals surface area contributed by atoms with Gasteiger partial charge in [-0.3, -0.25) is 4.79 Å². The molecule has 4 rings (SSSR count). The Hall–Kier alpha value is -3.61. The van der Waals surface area contributed by atoms with Crippen LogP contribution in [0, 0.1) is 0 Å². The first-order chi connectivity index (χ1) is 16.1. The van der Waals surface area contributed by atoms with E-state index in [0.29, 0.717) is 31.3 Å². The maximum atomic E-state index is 13.3. The van der Waals surface area contributed by atoms with E-state index in [1.165, 1.54) is 6.33 Å². The zero-order valence-corrected chi connectivity index (χ0v) is 19.3. The molecule has 1 saturated heterocycles. The van der Waals surface area contributed by atoms with Crippen LogP contribution in [-0.2, 0) is 4.79 Å². The SMILES string of the molecule is CC[C@@H](C(=O)N1CCN(c2cc(Oc3ccc(OC)cc3)ncn2)C[C@H]1C)c1ccccc1. The summed E-state index contributed by atoms with van der Waals surface area (Å²) in [6.07, 6.45) is 2.30. The minimum absolute atomic E-state index is 0.0740. The second kappa shape index (κ2) is 10.3. The number of methoxy groups -OCH3 is 1. The Morgan fingerprint density at radius 2 is 1.79 bits per heavy atom. The predicted octanol–water partition coefficient (Wildman–Crippen LogP) is 4.51. The molecule has 7 heteroatoms. The number of rotatable bonds is 7. The fourth-order valence-corrected chi connectivity index (χ4v) is 4.25. The summed E-state index contributed by atoms with van der Waals surface area (Å²) >= 11 is 0. The first-order valence-corrected chi connectivity index (χ1v) is 11.3. The maximum Gasteiger partial charge on any atom is 0.230 e. The van der Waals surface area contributed by atoms with Crippen LogP contribution in [0.25, 0.3) is 0 Å². The van der Waals surface area contributed by atoms with Gasteiger partial charge in [0.15, 0.2) is 0 Å². The lowest BCUT2D eigenvalue weighted by Gasteiger charge is -2.41. The molecule has 1 aliphatic rings. The van der Waals surface area contributed by atoms with Crippen molar-refractivity contribution in [3.05, 3.63) is 72.6 Å². The van der Waals surface area contributed by atoms with E-state index in [1.807, 2.05) is 65.6 Å². The summed E-state index contributed by atoms with van der Waals surface area (Å²) < 4.78 is 11.1. The number of benzene rings is 2. The highest BCUT2D eigenvalue weighted by molar-refractivity contribution is 5.84. The molecule has 172 valence electrons. The minimum atomic E-state index is -0.108. The molecule has 3 aromatic rings. The fraction of sp³-hybridized carbons (Fsp3) is 0.346. The summed E-state index contributed by atoms with van der Waals surface area (Å²) in [7, 11) is 1.63. The molecule has 2 aromatic carbocycles. The van der Waals surface area contributed by atoms with Gasteiger partial charge in [-0.25, -0.2) is 9.97 Å². The topological polar surface area (TPSA) is 67.8 Å². The summed E-state index contributed by atoms with van der Waals surface area (Å²) in [4.78, 5) is 26.2. The van der Waals surface area contributed by atoms with Gasteiger partial charge in [0.2, 0.25) is 11.8 Å². The van der Waals surface area contributed by atoms with Crippen molar-refractivity contribution in [1.82, 2.24) is 14.9 Å². The summed E-state index contributed by atoms with van der Waals surface area (Å²) in [6, 6.07) is 19.3. The van der Waals surface area contributed by atoms with E-state index in [2.05, 4.69) is 28.7 Å². The van der Waals surface area contributed by atoms with Crippen LogP contribution in [0.1, 0.15) is 31.7 Å². The van der Waals surface area contributed by atoms with Crippen LogP contribution in [0.3, 0.4) is 0 Å². The Morgan fingerprint density at radius 1 is 1.06 bits per heavy atom. The summed E-state index contributed by atoms with van der Waals surface area (Å²) in [5.41, 5.74) is 1.08. The van der Waals surface area contributed by atoms with Gasteiger partial charge < -0.3 is 19.3 Å². The molecule has 0 unspecified atom stereocenters. The summed E-state index contributed by atoms with van der Waals surface area (Å²) in [5.74, 6) is 2.81. The van der Waals surface area contributed by atoms with Crippen LogP contribution in [-0.4, -0.2) is 53.6 Å². The van der Waals surface area contributed by atoms with Crippen molar-refractivity contribution in [1.29, 1.82) is 0 Å². The molecule has 33 heavy (non-hydrogen) atoms. The number of hydrogen-bond acceptors (Lipinski definition) is 6.